The molecule has 8 nitrogen and oxygen atoms in total. The van der Waals surface area contributed by atoms with Crippen molar-refractivity contribution < 1.29 is 19.1 Å². The molecule has 0 aliphatic carbocycles. The number of nitrogens with zero attached hydrogens (tertiary/aromatic N) is 5. The molecule has 2 aliphatic rings. The molecule has 2 saturated heterocycles. The van der Waals surface area contributed by atoms with Crippen molar-refractivity contribution in [3.8, 4) is 5.69 Å². The van der Waals surface area contributed by atoms with Crippen LogP contribution in [-0.2, 0) is 16.1 Å². The average molecular weight is 387 g/mol. The molecule has 2 atom stereocenters. The van der Waals surface area contributed by atoms with Crippen molar-refractivity contribution in [2.45, 2.75) is 18.6 Å². The summed E-state index contributed by atoms with van der Waals surface area (Å²) >= 11 is 0. The van der Waals surface area contributed by atoms with Crippen molar-refractivity contribution in [2.75, 3.05) is 33.3 Å². The van der Waals surface area contributed by atoms with E-state index < -0.39 is 12.1 Å². The molecule has 2 fully saturated rings. The third kappa shape index (κ3) is 3.27. The van der Waals surface area contributed by atoms with Gasteiger partial charge in [0.2, 0.25) is 11.8 Å². The second-order valence-electron chi connectivity index (χ2n) is 7.20. The van der Waals surface area contributed by atoms with Gasteiger partial charge in [-0.25, -0.2) is 9.07 Å². The number of halogens is 1. The fraction of sp³-hybridized carbons (Fsp3) is 0.421. The highest BCUT2D eigenvalue weighted by Gasteiger charge is 2.46. The SMILES string of the molecule is CN1C(=O)[C@H]2CN(Cc3cnn(-c4cccc(F)c4)c3)CCN2C(=O)[C@@H]1CO. The third-order valence-corrected chi connectivity index (χ3v) is 5.42. The molecule has 0 bridgehead atoms. The molecule has 0 saturated carbocycles. The lowest BCUT2D eigenvalue weighted by molar-refractivity contribution is -0.165. The van der Waals surface area contributed by atoms with Crippen LogP contribution in [0.1, 0.15) is 5.56 Å². The number of carbonyl (C=O) groups is 2. The van der Waals surface area contributed by atoms with Gasteiger partial charge in [-0.3, -0.25) is 14.5 Å². The number of piperazine rings is 2. The van der Waals surface area contributed by atoms with E-state index in [9.17, 15) is 19.1 Å². The van der Waals surface area contributed by atoms with Crippen molar-refractivity contribution in [2.24, 2.45) is 0 Å². The summed E-state index contributed by atoms with van der Waals surface area (Å²) in [6.07, 6.45) is 3.56. The second kappa shape index (κ2) is 7.33. The van der Waals surface area contributed by atoms with Gasteiger partial charge in [-0.15, -0.1) is 0 Å². The third-order valence-electron chi connectivity index (χ3n) is 5.42. The maximum atomic E-state index is 13.4. The standard InChI is InChI=1S/C19H22FN5O3/c1-22-17(12-26)19(28)24-6-5-23(11-16(24)18(22)27)9-13-8-21-25(10-13)15-4-2-3-14(20)7-15/h2-4,7-8,10,16-17,26H,5-6,9,11-12H2,1H3/t16-,17+/m1/s1. The molecular weight excluding hydrogens is 365 g/mol. The van der Waals surface area contributed by atoms with Crippen LogP contribution in [0.4, 0.5) is 4.39 Å². The second-order valence-corrected chi connectivity index (χ2v) is 7.20. The normalized spacial score (nSPS) is 23.2. The van der Waals surface area contributed by atoms with Crippen LogP contribution in [0, 0.1) is 5.82 Å². The van der Waals surface area contributed by atoms with Crippen LogP contribution in [0.25, 0.3) is 5.69 Å². The average Bonchev–Trinajstić information content (AvgIpc) is 3.15. The molecule has 1 aromatic heterocycles. The van der Waals surface area contributed by atoms with Gasteiger partial charge in [-0.05, 0) is 18.2 Å². The first-order chi connectivity index (χ1) is 13.5. The Bertz CT molecular complexity index is 901. The van der Waals surface area contributed by atoms with E-state index >= 15 is 0 Å². The Kier molecular flexibility index (Phi) is 4.86. The Morgan fingerprint density at radius 3 is 2.82 bits per heavy atom. The fourth-order valence-electron chi connectivity index (χ4n) is 3.86. The summed E-state index contributed by atoms with van der Waals surface area (Å²) in [5.74, 6) is -0.677. The van der Waals surface area contributed by atoms with E-state index in [4.69, 9.17) is 0 Å². The summed E-state index contributed by atoms with van der Waals surface area (Å²) < 4.78 is 15.0. The number of likely N-dealkylation sites (N-methyl/N-ethyl adjacent to an activating group) is 1. The number of amides is 2. The van der Waals surface area contributed by atoms with Crippen LogP contribution in [0.15, 0.2) is 36.7 Å². The Hall–Kier alpha value is -2.78. The first-order valence-electron chi connectivity index (χ1n) is 9.18. The van der Waals surface area contributed by atoms with Gasteiger partial charge in [0, 0.05) is 45.0 Å². The van der Waals surface area contributed by atoms with Crippen LogP contribution < -0.4 is 0 Å². The lowest BCUT2D eigenvalue weighted by Gasteiger charge is -2.47. The molecule has 148 valence electrons. The van der Waals surface area contributed by atoms with Crippen LogP contribution >= 0.6 is 0 Å². The largest absolute Gasteiger partial charge is 0.394 e. The number of aliphatic hydroxyl groups excluding tert-OH is 1. The molecule has 1 N–H and O–H groups in total. The minimum atomic E-state index is -0.792. The van der Waals surface area contributed by atoms with Gasteiger partial charge in [0.15, 0.2) is 0 Å². The monoisotopic (exact) mass is 387 g/mol. The molecule has 0 unspecified atom stereocenters. The highest BCUT2D eigenvalue weighted by Crippen LogP contribution is 2.22. The maximum absolute atomic E-state index is 13.4. The molecule has 2 aromatic rings. The number of hydrogen-bond acceptors (Lipinski definition) is 5. The number of carbonyl (C=O) groups excluding carboxylic acids is 2. The number of rotatable bonds is 4. The van der Waals surface area contributed by atoms with Gasteiger partial charge in [-0.2, -0.15) is 5.10 Å². The zero-order valence-corrected chi connectivity index (χ0v) is 15.5. The van der Waals surface area contributed by atoms with Crippen molar-refractivity contribution >= 4 is 11.8 Å². The van der Waals surface area contributed by atoms with E-state index in [0.717, 1.165) is 5.56 Å². The summed E-state index contributed by atoms with van der Waals surface area (Å²) in [6.45, 7) is 1.71. The van der Waals surface area contributed by atoms with Gasteiger partial charge in [0.25, 0.3) is 0 Å². The molecule has 28 heavy (non-hydrogen) atoms. The smallest absolute Gasteiger partial charge is 0.248 e. The maximum Gasteiger partial charge on any atom is 0.248 e. The van der Waals surface area contributed by atoms with E-state index in [-0.39, 0.29) is 24.2 Å². The minimum absolute atomic E-state index is 0.154. The lowest BCUT2D eigenvalue weighted by atomic mass is 10.0. The molecule has 0 radical (unpaired) electrons. The Balaban J connectivity index is 1.45. The van der Waals surface area contributed by atoms with E-state index in [1.54, 1.807) is 35.0 Å². The molecule has 2 amide bonds. The van der Waals surface area contributed by atoms with Gasteiger partial charge in [-0.1, -0.05) is 6.07 Å². The Morgan fingerprint density at radius 2 is 2.07 bits per heavy atom. The van der Waals surface area contributed by atoms with Crippen LogP contribution in [0.2, 0.25) is 0 Å². The van der Waals surface area contributed by atoms with Crippen LogP contribution in [0.3, 0.4) is 0 Å². The first kappa shape index (κ1) is 18.6. The zero-order chi connectivity index (χ0) is 19.8. The van der Waals surface area contributed by atoms with Crippen LogP contribution in [0.5, 0.6) is 0 Å². The number of hydrogen-bond donors (Lipinski definition) is 1. The minimum Gasteiger partial charge on any atom is -0.394 e. The van der Waals surface area contributed by atoms with Crippen molar-refractivity contribution in [3.05, 3.63) is 48.0 Å². The van der Waals surface area contributed by atoms with Crippen molar-refractivity contribution in [3.63, 3.8) is 0 Å². The van der Waals surface area contributed by atoms with Gasteiger partial charge >= 0.3 is 0 Å². The predicted molar refractivity (Wildman–Crippen MR) is 97.9 cm³/mol. The molecule has 9 heteroatoms. The molecule has 2 aliphatic heterocycles. The molecule has 1 aromatic carbocycles. The fourth-order valence-corrected chi connectivity index (χ4v) is 3.86. The number of aromatic nitrogens is 2. The van der Waals surface area contributed by atoms with E-state index in [2.05, 4.69) is 10.00 Å². The Labute approximate surface area is 161 Å². The molecular formula is C19H22FN5O3. The van der Waals surface area contributed by atoms with Crippen molar-refractivity contribution in [1.82, 2.24) is 24.5 Å². The zero-order valence-electron chi connectivity index (χ0n) is 15.5. The molecule has 0 spiro atoms. The highest BCUT2D eigenvalue weighted by atomic mass is 19.1. The first-order valence-corrected chi connectivity index (χ1v) is 9.18. The summed E-state index contributed by atoms with van der Waals surface area (Å²) in [4.78, 5) is 30.2. The summed E-state index contributed by atoms with van der Waals surface area (Å²) in [5.41, 5.74) is 1.58. The summed E-state index contributed by atoms with van der Waals surface area (Å²) in [6, 6.07) is 4.88. The molecule has 4 rings (SSSR count). The highest BCUT2D eigenvalue weighted by molar-refractivity contribution is 5.97. The van der Waals surface area contributed by atoms with E-state index in [0.29, 0.717) is 31.9 Å². The predicted octanol–water partition coefficient (Wildman–Crippen LogP) is -0.143. The quantitative estimate of drug-likeness (QED) is 0.790. The topological polar surface area (TPSA) is 81.9 Å². The molecule has 3 heterocycles. The van der Waals surface area contributed by atoms with Crippen molar-refractivity contribution in [1.29, 1.82) is 0 Å². The van der Waals surface area contributed by atoms with E-state index in [1.807, 2.05) is 6.20 Å². The lowest BCUT2D eigenvalue weighted by Crippen LogP contribution is -2.69. The van der Waals surface area contributed by atoms with Gasteiger partial charge in [0.05, 0.1) is 18.5 Å². The number of fused-ring (bicyclic) bond motifs is 1. The van der Waals surface area contributed by atoms with Crippen LogP contribution in [-0.4, -0.2) is 86.8 Å². The Morgan fingerprint density at radius 1 is 1.25 bits per heavy atom. The van der Waals surface area contributed by atoms with Gasteiger partial charge < -0.3 is 14.9 Å². The number of aliphatic hydroxyl groups is 1. The van der Waals surface area contributed by atoms with Gasteiger partial charge in [0.1, 0.15) is 17.9 Å². The summed E-state index contributed by atoms with van der Waals surface area (Å²) in [5, 5.41) is 13.7. The summed E-state index contributed by atoms with van der Waals surface area (Å²) in [7, 11) is 1.56. The van der Waals surface area contributed by atoms with E-state index in [1.165, 1.54) is 17.0 Å². The number of benzene rings is 1.